The fourth-order valence-electron chi connectivity index (χ4n) is 4.87. The van der Waals surface area contributed by atoms with Gasteiger partial charge in [-0.2, -0.15) is 8.78 Å². The minimum absolute atomic E-state index is 0.000424. The van der Waals surface area contributed by atoms with Gasteiger partial charge in [-0.15, -0.1) is 0 Å². The van der Waals surface area contributed by atoms with E-state index in [4.69, 9.17) is 10.5 Å². The molecule has 1 aliphatic heterocycles. The summed E-state index contributed by atoms with van der Waals surface area (Å²) in [6.07, 6.45) is 3.45. The van der Waals surface area contributed by atoms with Crippen LogP contribution in [0.5, 0.6) is 5.75 Å². The number of benzene rings is 2. The second kappa shape index (κ2) is 12.9. The molecule has 2 N–H and O–H groups in total. The van der Waals surface area contributed by atoms with Gasteiger partial charge in [0.05, 0.1) is 24.0 Å². The van der Waals surface area contributed by atoms with Gasteiger partial charge in [0.1, 0.15) is 5.75 Å². The molecule has 1 aliphatic rings. The van der Waals surface area contributed by atoms with Crippen molar-refractivity contribution in [1.82, 2.24) is 24.2 Å². The van der Waals surface area contributed by atoms with Crippen molar-refractivity contribution in [3.63, 3.8) is 0 Å². The van der Waals surface area contributed by atoms with E-state index >= 15 is 0 Å². The Bertz CT molecular complexity index is 1560. The number of ether oxygens (including phenoxy) is 1. The highest BCUT2D eigenvalue weighted by atomic mass is 19.3. The molecule has 4 aromatic rings. The van der Waals surface area contributed by atoms with Crippen molar-refractivity contribution < 1.29 is 18.3 Å². The third-order valence-corrected chi connectivity index (χ3v) is 6.98. The molecule has 0 aliphatic carbocycles. The molecule has 5 rings (SSSR count). The summed E-state index contributed by atoms with van der Waals surface area (Å²) >= 11 is 0. The van der Waals surface area contributed by atoms with Gasteiger partial charge < -0.3 is 20.3 Å². The number of alkyl halides is 2. The fraction of sp³-hybridized carbons (Fsp3) is 0.379. The Kier molecular flexibility index (Phi) is 9.33. The van der Waals surface area contributed by atoms with Crippen LogP contribution in [0.25, 0.3) is 22.0 Å². The number of piperazine rings is 1. The minimum atomic E-state index is -2.96. The molecule has 218 valence electrons. The summed E-state index contributed by atoms with van der Waals surface area (Å²) in [5, 5.41) is 0.507. The molecule has 1 fully saturated rings. The predicted molar refractivity (Wildman–Crippen MR) is 154 cm³/mol. The van der Waals surface area contributed by atoms with Gasteiger partial charge in [0.15, 0.2) is 0 Å². The first-order valence-corrected chi connectivity index (χ1v) is 13.5. The number of halogens is 2. The third-order valence-electron chi connectivity index (χ3n) is 6.98. The van der Waals surface area contributed by atoms with Crippen molar-refractivity contribution in [2.45, 2.75) is 33.9 Å². The van der Waals surface area contributed by atoms with Crippen LogP contribution in [0.15, 0.2) is 53.6 Å². The second-order valence-corrected chi connectivity index (χ2v) is 9.45. The van der Waals surface area contributed by atoms with Gasteiger partial charge in [-0.3, -0.25) is 19.0 Å². The largest absolute Gasteiger partial charge is 0.434 e. The fourth-order valence-corrected chi connectivity index (χ4v) is 4.87. The van der Waals surface area contributed by atoms with E-state index < -0.39 is 6.61 Å². The van der Waals surface area contributed by atoms with Crippen LogP contribution in [-0.4, -0.2) is 69.5 Å². The summed E-state index contributed by atoms with van der Waals surface area (Å²) in [6, 6.07) is 10.4. The first-order valence-electron chi connectivity index (χ1n) is 13.5. The number of amides is 1. The van der Waals surface area contributed by atoms with E-state index in [9.17, 15) is 18.4 Å². The summed E-state index contributed by atoms with van der Waals surface area (Å²) in [7, 11) is 1.64. The van der Waals surface area contributed by atoms with Crippen LogP contribution in [0.4, 0.5) is 14.7 Å². The highest BCUT2D eigenvalue weighted by Crippen LogP contribution is 2.27. The van der Waals surface area contributed by atoms with Crippen molar-refractivity contribution in [3.05, 3.63) is 70.3 Å². The van der Waals surface area contributed by atoms with E-state index in [1.165, 1.54) is 10.7 Å². The Morgan fingerprint density at radius 2 is 1.71 bits per heavy atom. The van der Waals surface area contributed by atoms with Gasteiger partial charge in [0.25, 0.3) is 5.56 Å². The van der Waals surface area contributed by atoms with Crippen molar-refractivity contribution in [1.29, 1.82) is 0 Å². The lowest BCUT2D eigenvalue weighted by Crippen LogP contribution is -2.50. The topological polar surface area (TPSA) is 112 Å². The summed E-state index contributed by atoms with van der Waals surface area (Å²) in [5.41, 5.74) is 8.90. The van der Waals surface area contributed by atoms with E-state index in [0.717, 1.165) is 16.7 Å². The molecular weight excluding hydrogens is 532 g/mol. The van der Waals surface area contributed by atoms with Gasteiger partial charge in [-0.25, -0.2) is 9.97 Å². The van der Waals surface area contributed by atoms with Crippen molar-refractivity contribution in [2.24, 2.45) is 12.8 Å². The third kappa shape index (κ3) is 6.37. The molecule has 3 heterocycles. The normalized spacial score (nSPS) is 13.4. The lowest BCUT2D eigenvalue weighted by atomic mass is 10.1. The molecule has 2 aromatic carbocycles. The molecule has 1 amide bonds. The zero-order valence-corrected chi connectivity index (χ0v) is 23.7. The quantitative estimate of drug-likeness (QED) is 0.364. The van der Waals surface area contributed by atoms with E-state index in [-0.39, 0.29) is 30.3 Å². The predicted octanol–water partition coefficient (Wildman–Crippen LogP) is 3.39. The zero-order valence-electron chi connectivity index (χ0n) is 23.7. The SMILES string of the molecule is CC.Cc1ccc(OC(F)F)c(Cn2c3cc(-c4cnc(N5CCN(C(=O)CN)CC5)nc4)ccc3c(=O)n2C)c1. The van der Waals surface area contributed by atoms with Crippen LogP contribution in [-0.2, 0) is 18.4 Å². The highest BCUT2D eigenvalue weighted by molar-refractivity contribution is 5.84. The van der Waals surface area contributed by atoms with Crippen molar-refractivity contribution in [2.75, 3.05) is 37.6 Å². The van der Waals surface area contributed by atoms with E-state index in [2.05, 4.69) is 9.97 Å². The molecule has 0 spiro atoms. The molecular formula is C29H35F2N7O3. The van der Waals surface area contributed by atoms with E-state index in [0.29, 0.717) is 48.6 Å². The van der Waals surface area contributed by atoms with Gasteiger partial charge in [0.2, 0.25) is 11.9 Å². The lowest BCUT2D eigenvalue weighted by Gasteiger charge is -2.34. The molecule has 0 unspecified atom stereocenters. The maximum atomic E-state index is 13.0. The molecule has 0 bridgehead atoms. The number of nitrogens with zero attached hydrogens (tertiary/aromatic N) is 6. The molecule has 0 radical (unpaired) electrons. The maximum absolute atomic E-state index is 13.0. The number of anilines is 1. The van der Waals surface area contributed by atoms with Gasteiger partial charge in [-0.1, -0.05) is 37.6 Å². The summed E-state index contributed by atoms with van der Waals surface area (Å²) in [4.78, 5) is 37.6. The van der Waals surface area contributed by atoms with Crippen molar-refractivity contribution >= 4 is 22.8 Å². The minimum Gasteiger partial charge on any atom is -0.434 e. The summed E-state index contributed by atoms with van der Waals surface area (Å²) in [6.45, 7) is 5.43. The Morgan fingerprint density at radius 3 is 2.34 bits per heavy atom. The second-order valence-electron chi connectivity index (χ2n) is 9.45. The van der Waals surface area contributed by atoms with Gasteiger partial charge in [0, 0.05) is 56.7 Å². The van der Waals surface area contributed by atoms with Crippen LogP contribution in [0.2, 0.25) is 0 Å². The van der Waals surface area contributed by atoms with Crippen LogP contribution >= 0.6 is 0 Å². The monoisotopic (exact) mass is 567 g/mol. The first kappa shape index (κ1) is 29.7. The van der Waals surface area contributed by atoms with Gasteiger partial charge in [-0.05, 0) is 30.7 Å². The smallest absolute Gasteiger partial charge is 0.387 e. The Hall–Kier alpha value is -4.32. The van der Waals surface area contributed by atoms with Crippen LogP contribution < -0.4 is 20.9 Å². The zero-order chi connectivity index (χ0) is 29.7. The Balaban J connectivity index is 0.00000189. The average Bonchev–Trinajstić information content (AvgIpc) is 3.23. The Morgan fingerprint density at radius 1 is 1.02 bits per heavy atom. The highest BCUT2D eigenvalue weighted by Gasteiger charge is 2.22. The van der Waals surface area contributed by atoms with E-state index in [1.807, 2.05) is 37.8 Å². The first-order chi connectivity index (χ1) is 19.7. The van der Waals surface area contributed by atoms with Crippen LogP contribution in [0.3, 0.4) is 0 Å². The number of nitrogens with two attached hydrogens (primary N) is 1. The number of aryl methyl sites for hydroxylation is 1. The van der Waals surface area contributed by atoms with Crippen molar-refractivity contribution in [3.8, 4) is 16.9 Å². The standard InChI is InChI=1S/C27H29F2N7O3.C2H6/c1-17-3-6-23(39-26(28)29)19(11-17)16-36-22-12-18(4-5-21(22)25(38)33(36)2)20-14-31-27(32-15-20)35-9-7-34(8-10-35)24(37)13-30;1-2/h3-6,11-12,14-15,26H,7-10,13,16,30H2,1-2H3;1-2H3. The number of carbonyl (C=O) groups excluding carboxylic acids is 1. The van der Waals surface area contributed by atoms with E-state index in [1.54, 1.807) is 47.2 Å². The van der Waals surface area contributed by atoms with Crippen LogP contribution in [0.1, 0.15) is 25.0 Å². The summed E-state index contributed by atoms with van der Waals surface area (Å²) in [5.74, 6) is 0.571. The Labute approximate surface area is 236 Å². The number of aromatic nitrogens is 4. The summed E-state index contributed by atoms with van der Waals surface area (Å²) < 4.78 is 34.0. The molecule has 0 atom stereocenters. The number of hydrogen-bond donors (Lipinski definition) is 1. The molecule has 0 saturated carbocycles. The maximum Gasteiger partial charge on any atom is 0.387 e. The van der Waals surface area contributed by atoms with Crippen LogP contribution in [0, 0.1) is 6.92 Å². The number of carbonyl (C=O) groups is 1. The lowest BCUT2D eigenvalue weighted by molar-refractivity contribution is -0.129. The average molecular weight is 568 g/mol. The molecule has 1 saturated heterocycles. The molecule has 12 heteroatoms. The number of fused-ring (bicyclic) bond motifs is 1. The number of hydrogen-bond acceptors (Lipinski definition) is 7. The molecule has 10 nitrogen and oxygen atoms in total. The number of rotatable bonds is 7. The van der Waals surface area contributed by atoms with Gasteiger partial charge >= 0.3 is 6.61 Å². The molecule has 2 aromatic heterocycles. The molecule has 41 heavy (non-hydrogen) atoms.